The molecule has 0 aliphatic rings. The third-order valence-corrected chi connectivity index (χ3v) is 3.12. The van der Waals surface area contributed by atoms with Crippen LogP contribution in [0.2, 0.25) is 0 Å². The number of halogens is 2. The summed E-state index contributed by atoms with van der Waals surface area (Å²) < 4.78 is 17.2. The maximum absolute atomic E-state index is 5.80. The molecule has 1 aromatic carbocycles. The molecule has 1 rings (SSSR count). The number of alkyl halides is 1. The van der Waals surface area contributed by atoms with E-state index in [0.29, 0.717) is 30.6 Å². The second-order valence-electron chi connectivity index (χ2n) is 4.01. The minimum Gasteiger partial charge on any atom is -0.493 e. The van der Waals surface area contributed by atoms with Gasteiger partial charge in [-0.25, -0.2) is 0 Å². The minimum absolute atomic E-state index is 0.206. The molecule has 102 valence electrons. The normalized spacial score (nSPS) is 10.8. The average Bonchev–Trinajstić information content (AvgIpc) is 2.34. The molecule has 3 nitrogen and oxygen atoms in total. The fraction of sp³-hybridized carbons (Fsp3) is 0.538. The van der Waals surface area contributed by atoms with Crippen molar-refractivity contribution < 1.29 is 14.2 Å². The van der Waals surface area contributed by atoms with Crippen LogP contribution in [0.1, 0.15) is 19.4 Å². The van der Waals surface area contributed by atoms with Crippen molar-refractivity contribution >= 4 is 27.5 Å². The van der Waals surface area contributed by atoms with Crippen molar-refractivity contribution in [3.05, 3.63) is 22.2 Å². The lowest BCUT2D eigenvalue weighted by molar-refractivity contribution is 0.0545. The Morgan fingerprint density at radius 3 is 2.56 bits per heavy atom. The van der Waals surface area contributed by atoms with Crippen molar-refractivity contribution in [2.45, 2.75) is 25.8 Å². The van der Waals surface area contributed by atoms with Crippen LogP contribution in [0.4, 0.5) is 0 Å². The molecule has 0 saturated carbocycles. The first-order chi connectivity index (χ1) is 8.58. The first-order valence-corrected chi connectivity index (χ1v) is 7.08. The van der Waals surface area contributed by atoms with Crippen LogP contribution in [0.25, 0.3) is 0 Å². The molecule has 0 N–H and O–H groups in total. The highest BCUT2D eigenvalue weighted by Gasteiger charge is 2.11. The van der Waals surface area contributed by atoms with E-state index in [1.165, 1.54) is 0 Å². The third kappa shape index (κ3) is 4.67. The average molecular weight is 338 g/mol. The molecule has 0 unspecified atom stereocenters. The maximum atomic E-state index is 5.80. The summed E-state index contributed by atoms with van der Waals surface area (Å²) in [6.45, 7) is 5.01. The van der Waals surface area contributed by atoms with Gasteiger partial charge in [-0.2, -0.15) is 0 Å². The van der Waals surface area contributed by atoms with Crippen LogP contribution in [0.3, 0.4) is 0 Å². The quantitative estimate of drug-likeness (QED) is 0.556. The van der Waals surface area contributed by atoms with Gasteiger partial charge in [0.15, 0.2) is 11.5 Å². The Morgan fingerprint density at radius 1 is 1.28 bits per heavy atom. The zero-order chi connectivity index (χ0) is 13.5. The molecule has 0 atom stereocenters. The maximum Gasteiger partial charge on any atom is 0.175 e. The summed E-state index contributed by atoms with van der Waals surface area (Å²) in [7, 11) is 1.61. The van der Waals surface area contributed by atoms with Crippen LogP contribution in [0.15, 0.2) is 16.6 Å². The summed E-state index contributed by atoms with van der Waals surface area (Å²) in [4.78, 5) is 0. The highest BCUT2D eigenvalue weighted by molar-refractivity contribution is 9.10. The van der Waals surface area contributed by atoms with Crippen LogP contribution in [0, 0.1) is 0 Å². The lowest BCUT2D eigenvalue weighted by Gasteiger charge is -2.14. The summed E-state index contributed by atoms with van der Waals surface area (Å²) in [5.74, 6) is 1.79. The number of ether oxygens (including phenoxy) is 3. The fourth-order valence-corrected chi connectivity index (χ4v) is 2.18. The molecule has 0 spiro atoms. The van der Waals surface area contributed by atoms with Gasteiger partial charge in [0, 0.05) is 5.88 Å². The monoisotopic (exact) mass is 336 g/mol. The molecule has 1 aromatic rings. The van der Waals surface area contributed by atoms with Gasteiger partial charge in [0.05, 0.1) is 24.3 Å². The molecule has 0 aliphatic carbocycles. The molecular formula is C13H18BrClO3. The van der Waals surface area contributed by atoms with E-state index in [-0.39, 0.29) is 6.10 Å². The number of hydrogen-bond acceptors (Lipinski definition) is 3. The number of methoxy groups -OCH3 is 1. The predicted molar refractivity (Wildman–Crippen MR) is 76.8 cm³/mol. The summed E-state index contributed by atoms with van der Waals surface area (Å²) in [6, 6.07) is 3.80. The number of benzene rings is 1. The van der Waals surface area contributed by atoms with Gasteiger partial charge in [0.25, 0.3) is 0 Å². The van der Waals surface area contributed by atoms with Gasteiger partial charge < -0.3 is 14.2 Å². The molecule has 18 heavy (non-hydrogen) atoms. The van der Waals surface area contributed by atoms with Crippen LogP contribution in [-0.4, -0.2) is 26.4 Å². The third-order valence-electron chi connectivity index (χ3n) is 2.22. The van der Waals surface area contributed by atoms with Crippen molar-refractivity contribution in [3.63, 3.8) is 0 Å². The Labute approximate surface area is 121 Å². The summed E-state index contributed by atoms with van der Waals surface area (Å²) in [6.07, 6.45) is 0.206. The SMILES string of the molecule is COc1cc(CCl)cc(Br)c1OCCOC(C)C. The van der Waals surface area contributed by atoms with E-state index in [1.807, 2.05) is 26.0 Å². The molecule has 5 heteroatoms. The van der Waals surface area contributed by atoms with Crippen LogP contribution in [-0.2, 0) is 10.6 Å². The minimum atomic E-state index is 0.206. The highest BCUT2D eigenvalue weighted by Crippen LogP contribution is 2.36. The first kappa shape index (κ1) is 15.6. The number of rotatable bonds is 7. The second kappa shape index (κ2) is 7.87. The van der Waals surface area contributed by atoms with Crippen LogP contribution >= 0.6 is 27.5 Å². The van der Waals surface area contributed by atoms with Gasteiger partial charge >= 0.3 is 0 Å². The predicted octanol–water partition coefficient (Wildman–Crippen LogP) is 4.00. The summed E-state index contributed by atoms with van der Waals surface area (Å²) >= 11 is 9.26. The number of hydrogen-bond donors (Lipinski definition) is 0. The van der Waals surface area contributed by atoms with E-state index in [1.54, 1.807) is 7.11 Å². The van der Waals surface area contributed by atoms with Gasteiger partial charge in [0.1, 0.15) is 6.61 Å². The second-order valence-corrected chi connectivity index (χ2v) is 5.13. The zero-order valence-corrected chi connectivity index (χ0v) is 13.2. The van der Waals surface area contributed by atoms with Gasteiger partial charge in [-0.1, -0.05) is 0 Å². The van der Waals surface area contributed by atoms with Crippen molar-refractivity contribution in [3.8, 4) is 11.5 Å². The fourth-order valence-electron chi connectivity index (χ4n) is 1.42. The van der Waals surface area contributed by atoms with Crippen molar-refractivity contribution in [1.29, 1.82) is 0 Å². The first-order valence-electron chi connectivity index (χ1n) is 5.75. The smallest absolute Gasteiger partial charge is 0.175 e. The molecule has 0 heterocycles. The van der Waals surface area contributed by atoms with Crippen molar-refractivity contribution in [2.24, 2.45) is 0 Å². The Balaban J connectivity index is 2.69. The molecule has 0 fully saturated rings. The molecule has 0 aromatic heterocycles. The van der Waals surface area contributed by atoms with E-state index < -0.39 is 0 Å². The van der Waals surface area contributed by atoms with E-state index in [0.717, 1.165) is 10.0 Å². The Morgan fingerprint density at radius 2 is 2.00 bits per heavy atom. The van der Waals surface area contributed by atoms with Gasteiger partial charge in [0.2, 0.25) is 0 Å². The molecule has 0 aliphatic heterocycles. The summed E-state index contributed by atoms with van der Waals surface area (Å²) in [5, 5.41) is 0. The van der Waals surface area contributed by atoms with Crippen LogP contribution < -0.4 is 9.47 Å². The molecule has 0 radical (unpaired) electrons. The lowest BCUT2D eigenvalue weighted by Crippen LogP contribution is -2.12. The topological polar surface area (TPSA) is 27.7 Å². The van der Waals surface area contributed by atoms with Crippen LogP contribution in [0.5, 0.6) is 11.5 Å². The van der Waals surface area contributed by atoms with Gasteiger partial charge in [-0.3, -0.25) is 0 Å². The Kier molecular flexibility index (Phi) is 6.82. The van der Waals surface area contributed by atoms with Crippen molar-refractivity contribution in [2.75, 3.05) is 20.3 Å². The molecule has 0 bridgehead atoms. The summed E-state index contributed by atoms with van der Waals surface area (Å²) in [5.41, 5.74) is 0.978. The van der Waals surface area contributed by atoms with E-state index in [4.69, 9.17) is 25.8 Å². The Hall–Kier alpha value is -0.450. The van der Waals surface area contributed by atoms with E-state index >= 15 is 0 Å². The van der Waals surface area contributed by atoms with E-state index in [2.05, 4.69) is 15.9 Å². The lowest BCUT2D eigenvalue weighted by atomic mass is 10.2. The largest absolute Gasteiger partial charge is 0.493 e. The molecule has 0 saturated heterocycles. The van der Waals surface area contributed by atoms with Crippen molar-refractivity contribution in [1.82, 2.24) is 0 Å². The zero-order valence-electron chi connectivity index (χ0n) is 10.8. The van der Waals surface area contributed by atoms with Gasteiger partial charge in [-0.15, -0.1) is 11.6 Å². The van der Waals surface area contributed by atoms with E-state index in [9.17, 15) is 0 Å². The standard InChI is InChI=1S/C13H18BrClO3/c1-9(2)17-4-5-18-13-11(14)6-10(8-15)7-12(13)16-3/h6-7,9H,4-5,8H2,1-3H3. The van der Waals surface area contributed by atoms with Gasteiger partial charge in [-0.05, 0) is 47.5 Å². The highest BCUT2D eigenvalue weighted by atomic mass is 79.9. The molecule has 0 amide bonds. The molecular weight excluding hydrogens is 319 g/mol. The Bertz CT molecular complexity index is 383.